The summed E-state index contributed by atoms with van der Waals surface area (Å²) in [5, 5.41) is 0. The van der Waals surface area contributed by atoms with Gasteiger partial charge < -0.3 is 0 Å². The Hall–Kier alpha value is -0.590. The van der Waals surface area contributed by atoms with Crippen LogP contribution < -0.4 is 0 Å². The van der Waals surface area contributed by atoms with Crippen molar-refractivity contribution in [3.8, 4) is 0 Å². The molecule has 0 N–H and O–H groups in total. The molecule has 76 valence electrons. The first-order valence-corrected chi connectivity index (χ1v) is 5.19. The van der Waals surface area contributed by atoms with Gasteiger partial charge in [0.05, 0.1) is 0 Å². The van der Waals surface area contributed by atoms with Gasteiger partial charge in [-0.3, -0.25) is 4.79 Å². The first-order chi connectivity index (χ1) is 6.00. The number of Topliss-reactive ketones (excluding diaryl/α,β-unsaturated/α-hetero) is 1. The van der Waals surface area contributed by atoms with Crippen molar-refractivity contribution in [2.75, 3.05) is 0 Å². The smallest absolute Gasteiger partial charge is 0.161 e. The summed E-state index contributed by atoms with van der Waals surface area (Å²) in [4.78, 5) is 11.7. The molecule has 0 aliphatic rings. The van der Waals surface area contributed by atoms with Crippen molar-refractivity contribution in [1.82, 2.24) is 0 Å². The van der Waals surface area contributed by atoms with Crippen LogP contribution in [0.15, 0.2) is 11.1 Å². The second-order valence-electron chi connectivity index (χ2n) is 4.03. The Bertz CT molecular complexity index is 197. The summed E-state index contributed by atoms with van der Waals surface area (Å²) in [6.07, 6.45) is 3.36. The van der Waals surface area contributed by atoms with Crippen molar-refractivity contribution in [2.45, 2.75) is 53.9 Å². The first kappa shape index (κ1) is 12.4. The lowest BCUT2D eigenvalue weighted by Crippen LogP contribution is -2.12. The zero-order chi connectivity index (χ0) is 10.4. The number of allylic oxidation sites excluding steroid dienone is 2. The van der Waals surface area contributed by atoms with E-state index in [1.807, 2.05) is 27.7 Å². The molecule has 0 aliphatic carbocycles. The minimum absolute atomic E-state index is 0.204. The molecule has 0 aromatic carbocycles. The van der Waals surface area contributed by atoms with E-state index < -0.39 is 0 Å². The van der Waals surface area contributed by atoms with Crippen LogP contribution in [0.5, 0.6) is 0 Å². The van der Waals surface area contributed by atoms with Crippen molar-refractivity contribution in [1.29, 1.82) is 0 Å². The highest BCUT2D eigenvalue weighted by molar-refractivity contribution is 5.96. The lowest BCUT2D eigenvalue weighted by atomic mass is 9.93. The number of hydrogen-bond acceptors (Lipinski definition) is 1. The standard InChI is InChI=1S/C12H22O/c1-6-7-8-10(4)12(13)11(5)9(2)3/h10H,6-8H2,1-5H3. The lowest BCUT2D eigenvalue weighted by molar-refractivity contribution is -0.118. The van der Waals surface area contributed by atoms with E-state index in [0.29, 0.717) is 5.78 Å². The highest BCUT2D eigenvalue weighted by atomic mass is 16.1. The maximum Gasteiger partial charge on any atom is 0.161 e. The summed E-state index contributed by atoms with van der Waals surface area (Å²) < 4.78 is 0. The van der Waals surface area contributed by atoms with Gasteiger partial charge in [0.1, 0.15) is 0 Å². The SMILES string of the molecule is CCCCC(C)C(=O)C(C)=C(C)C. The largest absolute Gasteiger partial charge is 0.294 e. The molecule has 0 amide bonds. The maximum atomic E-state index is 11.7. The van der Waals surface area contributed by atoms with E-state index in [9.17, 15) is 4.79 Å². The van der Waals surface area contributed by atoms with E-state index in [2.05, 4.69) is 6.92 Å². The highest BCUT2D eigenvalue weighted by Crippen LogP contribution is 2.15. The number of ketones is 1. The summed E-state index contributed by atoms with van der Waals surface area (Å²) in [6, 6.07) is 0. The molecule has 0 fully saturated rings. The fourth-order valence-electron chi connectivity index (χ4n) is 1.26. The summed E-state index contributed by atoms with van der Waals surface area (Å²) in [5.74, 6) is 0.531. The van der Waals surface area contributed by atoms with Crippen LogP contribution in [0.3, 0.4) is 0 Å². The van der Waals surface area contributed by atoms with Crippen LogP contribution in [0.1, 0.15) is 53.9 Å². The molecular formula is C12H22O. The Kier molecular flexibility index (Phi) is 5.68. The normalized spacial score (nSPS) is 12.4. The molecule has 0 aromatic heterocycles. The van der Waals surface area contributed by atoms with E-state index in [-0.39, 0.29) is 5.92 Å². The molecule has 0 aliphatic heterocycles. The monoisotopic (exact) mass is 182 g/mol. The topological polar surface area (TPSA) is 17.1 Å². The van der Waals surface area contributed by atoms with Gasteiger partial charge in [-0.05, 0) is 32.8 Å². The van der Waals surface area contributed by atoms with Gasteiger partial charge in [-0.2, -0.15) is 0 Å². The van der Waals surface area contributed by atoms with Gasteiger partial charge in [0.15, 0.2) is 5.78 Å². The molecule has 1 unspecified atom stereocenters. The van der Waals surface area contributed by atoms with Crippen molar-refractivity contribution < 1.29 is 4.79 Å². The van der Waals surface area contributed by atoms with Gasteiger partial charge in [-0.1, -0.05) is 32.3 Å². The lowest BCUT2D eigenvalue weighted by Gasteiger charge is -2.10. The Labute approximate surface area is 82.2 Å². The van der Waals surface area contributed by atoms with Gasteiger partial charge in [-0.25, -0.2) is 0 Å². The van der Waals surface area contributed by atoms with Gasteiger partial charge in [0.2, 0.25) is 0 Å². The fraction of sp³-hybridized carbons (Fsp3) is 0.750. The Balaban J connectivity index is 4.19. The second kappa shape index (κ2) is 5.95. The van der Waals surface area contributed by atoms with E-state index in [1.165, 1.54) is 6.42 Å². The maximum absolute atomic E-state index is 11.7. The van der Waals surface area contributed by atoms with Gasteiger partial charge in [0, 0.05) is 5.92 Å². The average Bonchev–Trinajstić information content (AvgIpc) is 2.11. The highest BCUT2D eigenvalue weighted by Gasteiger charge is 2.14. The molecule has 0 bridgehead atoms. The van der Waals surface area contributed by atoms with Gasteiger partial charge in [-0.15, -0.1) is 0 Å². The molecule has 0 saturated carbocycles. The molecule has 0 rings (SSSR count). The third-order valence-electron chi connectivity index (χ3n) is 2.56. The summed E-state index contributed by atoms with van der Waals surface area (Å²) >= 11 is 0. The van der Waals surface area contributed by atoms with E-state index in [0.717, 1.165) is 24.0 Å². The zero-order valence-corrected chi connectivity index (χ0v) is 9.61. The van der Waals surface area contributed by atoms with Crippen LogP contribution in [0.4, 0.5) is 0 Å². The molecular weight excluding hydrogens is 160 g/mol. The van der Waals surface area contributed by atoms with Crippen LogP contribution in [0.2, 0.25) is 0 Å². The predicted molar refractivity (Wildman–Crippen MR) is 57.7 cm³/mol. The first-order valence-electron chi connectivity index (χ1n) is 5.19. The van der Waals surface area contributed by atoms with E-state index in [4.69, 9.17) is 0 Å². The zero-order valence-electron chi connectivity index (χ0n) is 9.61. The molecule has 1 nitrogen and oxygen atoms in total. The van der Waals surface area contributed by atoms with Crippen LogP contribution >= 0.6 is 0 Å². The molecule has 13 heavy (non-hydrogen) atoms. The van der Waals surface area contributed by atoms with Crippen LogP contribution in [-0.2, 0) is 4.79 Å². The van der Waals surface area contributed by atoms with Gasteiger partial charge in [0.25, 0.3) is 0 Å². The Morgan fingerprint density at radius 3 is 2.15 bits per heavy atom. The molecule has 0 radical (unpaired) electrons. The summed E-state index contributed by atoms with van der Waals surface area (Å²) in [5.41, 5.74) is 2.09. The summed E-state index contributed by atoms with van der Waals surface area (Å²) in [7, 11) is 0. The Morgan fingerprint density at radius 2 is 1.77 bits per heavy atom. The quantitative estimate of drug-likeness (QED) is 0.592. The number of unbranched alkanes of at least 4 members (excludes halogenated alkanes) is 1. The van der Waals surface area contributed by atoms with Crippen molar-refractivity contribution in [3.63, 3.8) is 0 Å². The predicted octanol–water partition coefficient (Wildman–Crippen LogP) is 3.74. The third-order valence-corrected chi connectivity index (χ3v) is 2.56. The molecule has 0 spiro atoms. The van der Waals surface area contributed by atoms with Crippen LogP contribution in [-0.4, -0.2) is 5.78 Å². The van der Waals surface area contributed by atoms with E-state index in [1.54, 1.807) is 0 Å². The third kappa shape index (κ3) is 4.25. The van der Waals surface area contributed by atoms with Crippen LogP contribution in [0, 0.1) is 5.92 Å². The van der Waals surface area contributed by atoms with Crippen molar-refractivity contribution in [3.05, 3.63) is 11.1 Å². The van der Waals surface area contributed by atoms with Gasteiger partial charge >= 0.3 is 0 Å². The Morgan fingerprint density at radius 1 is 1.23 bits per heavy atom. The number of hydrogen-bond donors (Lipinski definition) is 0. The fourth-order valence-corrected chi connectivity index (χ4v) is 1.26. The van der Waals surface area contributed by atoms with Crippen LogP contribution in [0.25, 0.3) is 0 Å². The molecule has 0 saturated heterocycles. The minimum Gasteiger partial charge on any atom is -0.294 e. The molecule has 1 atom stereocenters. The second-order valence-corrected chi connectivity index (χ2v) is 4.03. The van der Waals surface area contributed by atoms with E-state index >= 15 is 0 Å². The minimum atomic E-state index is 0.204. The molecule has 1 heteroatoms. The summed E-state index contributed by atoms with van der Waals surface area (Å²) in [6.45, 7) is 10.1. The number of rotatable bonds is 5. The van der Waals surface area contributed by atoms with Crippen molar-refractivity contribution >= 4 is 5.78 Å². The average molecular weight is 182 g/mol. The number of carbonyl (C=O) groups excluding carboxylic acids is 1. The number of carbonyl (C=O) groups is 1. The molecule has 0 heterocycles. The molecule has 0 aromatic rings. The van der Waals surface area contributed by atoms with Crippen molar-refractivity contribution in [2.24, 2.45) is 5.92 Å².